The molecule has 33 heavy (non-hydrogen) atoms. The zero-order chi connectivity index (χ0) is 24.7. The number of carbonyl (C=O) groups excluding carboxylic acids is 1. The first-order valence-corrected chi connectivity index (χ1v) is 9.58. The topological polar surface area (TPSA) is 97.1 Å². The molecule has 180 valence electrons. The molecule has 0 aliphatic carbocycles. The molecule has 2 fully saturated rings. The van der Waals surface area contributed by atoms with Gasteiger partial charge in [0, 0.05) is 25.8 Å². The van der Waals surface area contributed by atoms with Gasteiger partial charge >= 0.3 is 18.4 Å². The third-order valence-electron chi connectivity index (χ3n) is 5.58. The fourth-order valence-corrected chi connectivity index (χ4v) is 3.84. The van der Waals surface area contributed by atoms with Gasteiger partial charge in [-0.3, -0.25) is 4.79 Å². The number of nitrogens with zero attached hydrogens (tertiary/aromatic N) is 4. The van der Waals surface area contributed by atoms with E-state index >= 15 is 0 Å². The zero-order valence-electron chi connectivity index (χ0n) is 17.0. The van der Waals surface area contributed by atoms with E-state index in [1.807, 2.05) is 0 Å². The van der Waals surface area contributed by atoms with Crippen molar-refractivity contribution in [3.63, 3.8) is 0 Å². The number of hydrogen-bond donors (Lipinski definition) is 1. The van der Waals surface area contributed by atoms with Crippen molar-refractivity contribution in [3.8, 4) is 6.07 Å². The van der Waals surface area contributed by atoms with Gasteiger partial charge < -0.3 is 24.5 Å². The summed E-state index contributed by atoms with van der Waals surface area (Å²) < 4.78 is 85.6. The average molecular weight is 480 g/mol. The Hall–Kier alpha value is -3.21. The van der Waals surface area contributed by atoms with E-state index in [4.69, 9.17) is 15.1 Å². The number of ether oxygens (including phenoxy) is 1. The molecule has 14 heteroatoms. The van der Waals surface area contributed by atoms with Crippen LogP contribution in [0, 0.1) is 11.3 Å². The van der Waals surface area contributed by atoms with Gasteiger partial charge in [0.25, 0.3) is 5.91 Å². The molecule has 2 aliphatic rings. The maximum Gasteiger partial charge on any atom is 0.433 e. The molecule has 3 atom stereocenters. The molecule has 1 aromatic rings. The molecule has 0 spiro atoms. The highest BCUT2D eigenvalue weighted by Crippen LogP contribution is 2.39. The van der Waals surface area contributed by atoms with Crippen LogP contribution in [0.4, 0.5) is 36.8 Å². The fraction of sp³-hybridized carbons (Fsp3) is 0.526. The van der Waals surface area contributed by atoms with Gasteiger partial charge in [0.05, 0.1) is 29.8 Å². The summed E-state index contributed by atoms with van der Waals surface area (Å²) in [4.78, 5) is 26.5. The first kappa shape index (κ1) is 24.4. The number of carboxylic acid groups (broad SMARTS) is 1. The van der Waals surface area contributed by atoms with Gasteiger partial charge in [0.2, 0.25) is 6.23 Å². The van der Waals surface area contributed by atoms with Gasteiger partial charge in [-0.2, -0.15) is 31.6 Å². The van der Waals surface area contributed by atoms with Crippen molar-refractivity contribution < 1.29 is 45.8 Å². The maximum absolute atomic E-state index is 13.6. The largest absolute Gasteiger partial charge is 0.465 e. The standard InChI is InChI=1S/C19H18F6N4O4/c1-27(17(31)32)12-4-5-28(8-12)15(30)14-9-29(16(33-14)19(23,24)25)11-3-2-10(7-26)13(6-11)18(20,21)22/h2-3,6,12,14,16H,4-5,8-9H2,1H3,(H,31,32). The highest BCUT2D eigenvalue weighted by Gasteiger charge is 2.53. The van der Waals surface area contributed by atoms with Crippen LogP contribution in [0.3, 0.4) is 0 Å². The van der Waals surface area contributed by atoms with E-state index in [9.17, 15) is 35.9 Å². The van der Waals surface area contributed by atoms with Crippen molar-refractivity contribution in [1.82, 2.24) is 9.80 Å². The summed E-state index contributed by atoms with van der Waals surface area (Å²) in [6.45, 7) is -0.637. The molecule has 8 nitrogen and oxygen atoms in total. The molecule has 3 unspecified atom stereocenters. The van der Waals surface area contributed by atoms with Crippen LogP contribution in [0.15, 0.2) is 18.2 Å². The molecular weight excluding hydrogens is 462 g/mol. The lowest BCUT2D eigenvalue weighted by Gasteiger charge is -2.27. The third-order valence-corrected chi connectivity index (χ3v) is 5.58. The first-order chi connectivity index (χ1) is 15.2. The molecule has 0 radical (unpaired) electrons. The van der Waals surface area contributed by atoms with Crippen LogP contribution < -0.4 is 4.90 Å². The Bertz CT molecular complexity index is 977. The number of rotatable bonds is 3. The first-order valence-electron chi connectivity index (χ1n) is 9.58. The zero-order valence-corrected chi connectivity index (χ0v) is 17.0. The molecule has 2 aliphatic heterocycles. The van der Waals surface area contributed by atoms with Gasteiger partial charge in [-0.15, -0.1) is 0 Å². The predicted octanol–water partition coefficient (Wildman–Crippen LogP) is 2.88. The summed E-state index contributed by atoms with van der Waals surface area (Å²) >= 11 is 0. The number of alkyl halides is 6. The number of anilines is 1. The Morgan fingerprint density at radius 2 is 1.88 bits per heavy atom. The average Bonchev–Trinajstić information content (AvgIpc) is 3.39. The van der Waals surface area contributed by atoms with Crippen molar-refractivity contribution in [2.45, 2.75) is 37.1 Å². The second-order valence-electron chi connectivity index (χ2n) is 7.63. The highest BCUT2D eigenvalue weighted by atomic mass is 19.4. The summed E-state index contributed by atoms with van der Waals surface area (Å²) in [5.74, 6) is -0.822. The summed E-state index contributed by atoms with van der Waals surface area (Å²) in [5, 5.41) is 17.9. The molecular formula is C19H18F6N4O4. The van der Waals surface area contributed by atoms with Gasteiger partial charge in [0.15, 0.2) is 6.10 Å². The number of amides is 2. The predicted molar refractivity (Wildman–Crippen MR) is 99.0 cm³/mol. The van der Waals surface area contributed by atoms with Crippen molar-refractivity contribution >= 4 is 17.7 Å². The Balaban J connectivity index is 1.85. The Morgan fingerprint density at radius 1 is 1.21 bits per heavy atom. The monoisotopic (exact) mass is 480 g/mol. The Morgan fingerprint density at radius 3 is 2.42 bits per heavy atom. The molecule has 3 rings (SSSR count). The lowest BCUT2D eigenvalue weighted by Crippen LogP contribution is -2.43. The number of benzene rings is 1. The number of hydrogen-bond acceptors (Lipinski definition) is 5. The van der Waals surface area contributed by atoms with E-state index in [-0.39, 0.29) is 19.5 Å². The van der Waals surface area contributed by atoms with Gasteiger partial charge in [0.1, 0.15) is 0 Å². The van der Waals surface area contributed by atoms with Crippen LogP contribution in [0.2, 0.25) is 0 Å². The summed E-state index contributed by atoms with van der Waals surface area (Å²) in [7, 11) is 1.30. The molecule has 1 N–H and O–H groups in total. The smallest absolute Gasteiger partial charge is 0.433 e. The van der Waals surface area contributed by atoms with E-state index in [0.717, 1.165) is 17.0 Å². The van der Waals surface area contributed by atoms with Crippen molar-refractivity contribution in [2.75, 3.05) is 31.6 Å². The second kappa shape index (κ2) is 8.62. The van der Waals surface area contributed by atoms with Crippen LogP contribution >= 0.6 is 0 Å². The molecule has 1 aromatic carbocycles. The van der Waals surface area contributed by atoms with Crippen LogP contribution in [-0.4, -0.2) is 78.1 Å². The number of carbonyl (C=O) groups is 2. The quantitative estimate of drug-likeness (QED) is 0.669. The number of likely N-dealkylation sites (tertiary alicyclic amines) is 1. The van der Waals surface area contributed by atoms with Crippen molar-refractivity contribution in [3.05, 3.63) is 29.3 Å². The number of nitriles is 1. The van der Waals surface area contributed by atoms with E-state index in [1.165, 1.54) is 18.0 Å². The normalized spacial score (nSPS) is 23.5. The minimum atomic E-state index is -5.03. The molecule has 0 aromatic heterocycles. The van der Waals surface area contributed by atoms with Crippen LogP contribution in [0.1, 0.15) is 17.5 Å². The lowest BCUT2D eigenvalue weighted by molar-refractivity contribution is -0.214. The lowest BCUT2D eigenvalue weighted by atomic mass is 10.1. The van der Waals surface area contributed by atoms with Crippen LogP contribution in [-0.2, 0) is 15.7 Å². The molecule has 0 bridgehead atoms. The van der Waals surface area contributed by atoms with Gasteiger partial charge in [-0.05, 0) is 24.6 Å². The summed E-state index contributed by atoms with van der Waals surface area (Å²) in [6.07, 6.45) is -15.3. The van der Waals surface area contributed by atoms with Crippen molar-refractivity contribution in [1.29, 1.82) is 5.26 Å². The number of likely N-dealkylation sites (N-methyl/N-ethyl adjacent to an activating group) is 1. The second-order valence-corrected chi connectivity index (χ2v) is 7.63. The number of halogens is 6. The molecule has 2 amide bonds. The molecule has 2 heterocycles. The van der Waals surface area contributed by atoms with Gasteiger partial charge in [-0.1, -0.05) is 0 Å². The minimum absolute atomic E-state index is 0.0483. The van der Waals surface area contributed by atoms with Crippen LogP contribution in [0.25, 0.3) is 0 Å². The van der Waals surface area contributed by atoms with Crippen LogP contribution in [0.5, 0.6) is 0 Å². The van der Waals surface area contributed by atoms with E-state index in [1.54, 1.807) is 0 Å². The Labute approximate surface area is 183 Å². The third kappa shape index (κ3) is 4.92. The summed E-state index contributed by atoms with van der Waals surface area (Å²) in [6, 6.07) is 2.90. The maximum atomic E-state index is 13.6. The van der Waals surface area contributed by atoms with Crippen molar-refractivity contribution in [2.24, 2.45) is 0 Å². The fourth-order valence-electron chi connectivity index (χ4n) is 3.84. The summed E-state index contributed by atoms with van der Waals surface area (Å²) in [5.41, 5.74) is -2.67. The SMILES string of the molecule is CN(C(=O)O)C1CCN(C(=O)C2CN(c3ccc(C#N)c(C(F)(F)F)c3)C(C(F)(F)F)O2)C1. The Kier molecular flexibility index (Phi) is 6.38. The minimum Gasteiger partial charge on any atom is -0.465 e. The molecule has 0 saturated carbocycles. The van der Waals surface area contributed by atoms with E-state index in [0.29, 0.717) is 11.0 Å². The molecule has 2 saturated heterocycles. The van der Waals surface area contributed by atoms with E-state index in [2.05, 4.69) is 0 Å². The van der Waals surface area contributed by atoms with Gasteiger partial charge in [-0.25, -0.2) is 4.79 Å². The highest BCUT2D eigenvalue weighted by molar-refractivity contribution is 5.83. The van der Waals surface area contributed by atoms with E-state index < -0.39 is 66.1 Å².